The minimum absolute atomic E-state index is 0.112. The molecular formula is C17H22O6. The predicted molar refractivity (Wildman–Crippen MR) is 79.1 cm³/mol. The molecule has 1 N–H and O–H groups in total. The highest BCUT2D eigenvalue weighted by Crippen LogP contribution is 2.65. The van der Waals surface area contributed by atoms with E-state index in [2.05, 4.69) is 0 Å². The second-order valence-corrected chi connectivity index (χ2v) is 6.81. The lowest BCUT2D eigenvalue weighted by atomic mass is 9.50. The van der Waals surface area contributed by atoms with E-state index in [9.17, 15) is 19.5 Å². The van der Waals surface area contributed by atoms with Crippen LogP contribution in [-0.4, -0.2) is 41.6 Å². The van der Waals surface area contributed by atoms with Crippen LogP contribution in [0.2, 0.25) is 0 Å². The molecule has 4 aliphatic rings. The first-order valence-corrected chi connectivity index (χ1v) is 8.14. The number of cyclic esters (lactones) is 1. The van der Waals surface area contributed by atoms with E-state index >= 15 is 0 Å². The number of carbonyl (C=O) groups excluding carboxylic acids is 3. The van der Waals surface area contributed by atoms with Gasteiger partial charge in [-0.1, -0.05) is 27.7 Å². The van der Waals surface area contributed by atoms with Gasteiger partial charge in [-0.05, 0) is 18.1 Å². The molecule has 0 aromatic rings. The van der Waals surface area contributed by atoms with Crippen molar-refractivity contribution in [3.05, 3.63) is 11.6 Å². The fourth-order valence-electron chi connectivity index (χ4n) is 4.82. The lowest BCUT2D eigenvalue weighted by Gasteiger charge is -2.55. The Bertz CT molecular complexity index is 623. The average molecular weight is 322 g/mol. The molecule has 6 nitrogen and oxygen atoms in total. The minimum Gasteiger partial charge on any atom is -0.464 e. The third-order valence-electron chi connectivity index (χ3n) is 5.95. The van der Waals surface area contributed by atoms with E-state index in [0.717, 1.165) is 0 Å². The second kappa shape index (κ2) is 4.90. The van der Waals surface area contributed by atoms with Gasteiger partial charge >= 0.3 is 11.9 Å². The van der Waals surface area contributed by atoms with Gasteiger partial charge in [0, 0.05) is 16.7 Å². The Morgan fingerprint density at radius 2 is 1.87 bits per heavy atom. The summed E-state index contributed by atoms with van der Waals surface area (Å²) in [5.41, 5.74) is -0.956. The van der Waals surface area contributed by atoms with E-state index in [-0.39, 0.29) is 12.4 Å². The van der Waals surface area contributed by atoms with Crippen LogP contribution in [0, 0.1) is 22.7 Å². The van der Waals surface area contributed by atoms with Gasteiger partial charge < -0.3 is 14.6 Å². The van der Waals surface area contributed by atoms with Crippen LogP contribution in [-0.2, 0) is 23.9 Å². The van der Waals surface area contributed by atoms with E-state index in [0.29, 0.717) is 12.0 Å². The van der Waals surface area contributed by atoms with Crippen LogP contribution >= 0.6 is 0 Å². The van der Waals surface area contributed by atoms with E-state index < -0.39 is 46.8 Å². The molecule has 1 saturated carbocycles. The van der Waals surface area contributed by atoms with Gasteiger partial charge in [0.05, 0.1) is 0 Å². The topological polar surface area (TPSA) is 89.9 Å². The molecule has 2 heterocycles. The molecule has 0 radical (unpaired) electrons. The molecule has 6 heteroatoms. The van der Waals surface area contributed by atoms with Gasteiger partial charge in [-0.15, -0.1) is 0 Å². The van der Waals surface area contributed by atoms with Crippen molar-refractivity contribution < 1.29 is 29.0 Å². The van der Waals surface area contributed by atoms with Crippen LogP contribution < -0.4 is 0 Å². The number of hydrogen-bond donors (Lipinski definition) is 1. The summed E-state index contributed by atoms with van der Waals surface area (Å²) in [4.78, 5) is 36.3. The van der Waals surface area contributed by atoms with Crippen LogP contribution in [0.3, 0.4) is 0 Å². The SMILES string of the molecule is CC.C[C@H]1C(=O)C=C2C13C[C@@H](OC(=O)C3O)[C@H]1C(=O)OC[C@@]21C. The summed E-state index contributed by atoms with van der Waals surface area (Å²) in [7, 11) is 0. The maximum absolute atomic E-state index is 12.2. The molecule has 3 fully saturated rings. The molecule has 23 heavy (non-hydrogen) atoms. The van der Waals surface area contributed by atoms with Crippen molar-refractivity contribution in [2.75, 3.05) is 6.61 Å². The Labute approximate surface area is 134 Å². The third kappa shape index (κ3) is 1.70. The number of ketones is 1. The smallest absolute Gasteiger partial charge is 0.336 e. The van der Waals surface area contributed by atoms with Crippen LogP contribution in [0.15, 0.2) is 11.6 Å². The standard InChI is InChI=1S/C15H16O6.C2H6/c1-6-7(16)3-9-14(2)5-20-12(18)10(14)8-4-15(6,9)11(17)13(19)21-8;1-2/h3,6,8,10-11,17H,4-5H2,1-2H3;1-2H3/t6-,8+,10-,11?,14-,15?;/m0./s1. The molecule has 126 valence electrons. The summed E-state index contributed by atoms with van der Waals surface area (Å²) in [6.07, 6.45) is -0.188. The highest BCUT2D eigenvalue weighted by Gasteiger charge is 2.72. The number of fused-ring (bicyclic) bond motifs is 4. The number of aliphatic hydroxyl groups excluding tert-OH is 1. The van der Waals surface area contributed by atoms with E-state index in [1.54, 1.807) is 6.92 Å². The molecular weight excluding hydrogens is 300 g/mol. The number of esters is 2. The van der Waals surface area contributed by atoms with Gasteiger partial charge in [-0.2, -0.15) is 0 Å². The number of ether oxygens (including phenoxy) is 2. The summed E-state index contributed by atoms with van der Waals surface area (Å²) in [6, 6.07) is 0. The molecule has 2 unspecified atom stereocenters. The molecule has 2 aliphatic carbocycles. The molecule has 4 rings (SSSR count). The average Bonchev–Trinajstić information content (AvgIpc) is 2.97. The quantitative estimate of drug-likeness (QED) is 0.670. The van der Waals surface area contributed by atoms with E-state index in [1.165, 1.54) is 6.08 Å². The fraction of sp³-hybridized carbons (Fsp3) is 0.706. The summed E-state index contributed by atoms with van der Waals surface area (Å²) in [5.74, 6) is -2.34. The van der Waals surface area contributed by atoms with Gasteiger partial charge in [0.15, 0.2) is 11.9 Å². The highest BCUT2D eigenvalue weighted by molar-refractivity contribution is 5.99. The number of carbonyl (C=O) groups is 3. The van der Waals surface area contributed by atoms with Gasteiger partial charge in [-0.3, -0.25) is 9.59 Å². The summed E-state index contributed by atoms with van der Waals surface area (Å²) >= 11 is 0. The normalized spacial score (nSPS) is 46.8. The monoisotopic (exact) mass is 322 g/mol. The van der Waals surface area contributed by atoms with Crippen molar-refractivity contribution in [3.63, 3.8) is 0 Å². The maximum atomic E-state index is 12.2. The van der Waals surface area contributed by atoms with Gasteiger partial charge in [0.25, 0.3) is 0 Å². The lowest BCUT2D eigenvalue weighted by molar-refractivity contribution is -0.201. The summed E-state index contributed by atoms with van der Waals surface area (Å²) < 4.78 is 10.5. The zero-order valence-corrected chi connectivity index (χ0v) is 13.8. The summed E-state index contributed by atoms with van der Waals surface area (Å²) in [5, 5.41) is 10.4. The Morgan fingerprint density at radius 3 is 2.52 bits per heavy atom. The Balaban J connectivity index is 0.000000753. The van der Waals surface area contributed by atoms with Crippen LogP contribution in [0.4, 0.5) is 0 Å². The second-order valence-electron chi connectivity index (χ2n) is 6.81. The number of allylic oxidation sites excluding steroid dienone is 1. The van der Waals surface area contributed by atoms with Crippen LogP contribution in [0.25, 0.3) is 0 Å². The Morgan fingerprint density at radius 1 is 1.22 bits per heavy atom. The fourth-order valence-corrected chi connectivity index (χ4v) is 4.82. The molecule has 2 bridgehead atoms. The number of rotatable bonds is 0. The van der Waals surface area contributed by atoms with E-state index in [4.69, 9.17) is 9.47 Å². The maximum Gasteiger partial charge on any atom is 0.336 e. The zero-order chi connectivity index (χ0) is 17.2. The lowest BCUT2D eigenvalue weighted by Crippen LogP contribution is -2.63. The highest BCUT2D eigenvalue weighted by atomic mass is 16.6. The van der Waals surface area contributed by atoms with Gasteiger partial charge in [0.1, 0.15) is 18.6 Å². The van der Waals surface area contributed by atoms with E-state index in [1.807, 2.05) is 20.8 Å². The van der Waals surface area contributed by atoms with Crippen molar-refractivity contribution in [2.45, 2.75) is 46.3 Å². The largest absolute Gasteiger partial charge is 0.464 e. The van der Waals surface area contributed by atoms with Crippen molar-refractivity contribution >= 4 is 17.7 Å². The molecule has 0 aromatic carbocycles. The minimum atomic E-state index is -1.37. The molecule has 0 amide bonds. The van der Waals surface area contributed by atoms with Crippen molar-refractivity contribution in [3.8, 4) is 0 Å². The molecule has 2 saturated heterocycles. The Kier molecular flexibility index (Phi) is 3.45. The third-order valence-corrected chi connectivity index (χ3v) is 5.95. The predicted octanol–water partition coefficient (Wildman–Crippen LogP) is 1.01. The molecule has 1 spiro atoms. The van der Waals surface area contributed by atoms with Crippen LogP contribution in [0.1, 0.15) is 34.1 Å². The summed E-state index contributed by atoms with van der Waals surface area (Å²) in [6.45, 7) is 7.74. The van der Waals surface area contributed by atoms with Crippen molar-refractivity contribution in [2.24, 2.45) is 22.7 Å². The van der Waals surface area contributed by atoms with Crippen LogP contribution in [0.5, 0.6) is 0 Å². The molecule has 2 aliphatic heterocycles. The first-order valence-electron chi connectivity index (χ1n) is 8.14. The zero-order valence-electron chi connectivity index (χ0n) is 13.8. The molecule has 6 atom stereocenters. The first kappa shape index (κ1) is 16.2. The van der Waals surface area contributed by atoms with Crippen molar-refractivity contribution in [1.29, 1.82) is 0 Å². The van der Waals surface area contributed by atoms with Gasteiger partial charge in [0.2, 0.25) is 0 Å². The van der Waals surface area contributed by atoms with Crippen molar-refractivity contribution in [1.82, 2.24) is 0 Å². The first-order chi connectivity index (χ1) is 10.8. The Hall–Kier alpha value is -1.69. The van der Waals surface area contributed by atoms with Gasteiger partial charge in [-0.25, -0.2) is 4.79 Å². The number of hydrogen-bond acceptors (Lipinski definition) is 6. The molecule has 0 aromatic heterocycles. The number of aliphatic hydroxyl groups is 1.